The number of nitrogens with zero attached hydrogens (tertiary/aromatic N) is 1. The maximum absolute atomic E-state index is 12.1. The van der Waals surface area contributed by atoms with Crippen LogP contribution in [0.3, 0.4) is 0 Å². The van der Waals surface area contributed by atoms with Gasteiger partial charge < -0.3 is 15.2 Å². The largest absolute Gasteiger partial charge is 0.479 e. The van der Waals surface area contributed by atoms with E-state index in [1.807, 2.05) is 19.1 Å². The number of aryl methyl sites for hydroxylation is 1. The second kappa shape index (κ2) is 9.44. The molecule has 1 atom stereocenters. The zero-order valence-corrected chi connectivity index (χ0v) is 19.2. The van der Waals surface area contributed by atoms with Gasteiger partial charge in [0.25, 0.3) is 0 Å². The van der Waals surface area contributed by atoms with Crippen LogP contribution in [0.25, 0.3) is 10.8 Å². The number of hydrogen-bond acceptors (Lipinski definition) is 5. The molecular formula is C24H26ClN3O4. The summed E-state index contributed by atoms with van der Waals surface area (Å²) in [6.07, 6.45) is 1.68. The molecule has 3 N–H and O–H groups in total. The molecule has 0 fully saturated rings. The van der Waals surface area contributed by atoms with Crippen molar-refractivity contribution in [2.24, 2.45) is 0 Å². The standard InChI is InChI=1S/C24H26ClN3O4/c1-5-14-12-16(6-9-19(14)25)20(22(29)30)27-17-7-8-18-15(13-17)10-11-26-21(18)28-23(31)32-24(2,3)4/h6-13,20,27H,5H2,1-4H3,(H,29,30)(H,26,28,31). The number of carbonyl (C=O) groups excluding carboxylic acids is 1. The minimum atomic E-state index is -1.00. The number of pyridine rings is 1. The number of nitrogens with one attached hydrogen (secondary N) is 2. The molecule has 0 aliphatic heterocycles. The first-order valence-corrected chi connectivity index (χ1v) is 10.6. The van der Waals surface area contributed by atoms with E-state index < -0.39 is 23.7 Å². The Morgan fingerprint density at radius 1 is 1.16 bits per heavy atom. The van der Waals surface area contributed by atoms with Crippen molar-refractivity contribution in [1.29, 1.82) is 0 Å². The number of carbonyl (C=O) groups is 2. The van der Waals surface area contributed by atoms with Gasteiger partial charge in [-0.3, -0.25) is 5.32 Å². The Kier molecular flexibility index (Phi) is 6.89. The molecule has 0 spiro atoms. The molecule has 3 rings (SSSR count). The maximum atomic E-state index is 12.1. The monoisotopic (exact) mass is 455 g/mol. The highest BCUT2D eigenvalue weighted by Gasteiger charge is 2.21. The molecule has 1 heterocycles. The molecule has 0 aliphatic carbocycles. The van der Waals surface area contributed by atoms with Crippen LogP contribution >= 0.6 is 11.6 Å². The van der Waals surface area contributed by atoms with E-state index in [-0.39, 0.29) is 0 Å². The Morgan fingerprint density at radius 3 is 2.56 bits per heavy atom. The third-order valence-electron chi connectivity index (χ3n) is 4.73. The van der Waals surface area contributed by atoms with E-state index in [2.05, 4.69) is 15.6 Å². The lowest BCUT2D eigenvalue weighted by Crippen LogP contribution is -2.27. The number of hydrogen-bond donors (Lipinski definition) is 3. The van der Waals surface area contributed by atoms with Gasteiger partial charge in [0.15, 0.2) is 6.04 Å². The predicted octanol–water partition coefficient (Wildman–Crippen LogP) is 6.04. The fraction of sp³-hybridized carbons (Fsp3) is 0.292. The van der Waals surface area contributed by atoms with Crippen LogP contribution in [0.15, 0.2) is 48.7 Å². The van der Waals surface area contributed by atoms with Gasteiger partial charge >= 0.3 is 12.1 Å². The fourth-order valence-corrected chi connectivity index (χ4v) is 3.52. The summed E-state index contributed by atoms with van der Waals surface area (Å²) in [5.74, 6) is -0.639. The Bertz CT molecular complexity index is 1160. The van der Waals surface area contributed by atoms with Gasteiger partial charge in [0, 0.05) is 22.3 Å². The van der Waals surface area contributed by atoms with Crippen LogP contribution in [0, 0.1) is 0 Å². The molecule has 0 aliphatic rings. The molecule has 7 nitrogen and oxygen atoms in total. The third-order valence-corrected chi connectivity index (χ3v) is 5.09. The number of benzene rings is 2. The summed E-state index contributed by atoms with van der Waals surface area (Å²) in [5.41, 5.74) is 1.49. The number of carboxylic acids is 1. The van der Waals surface area contributed by atoms with Crippen molar-refractivity contribution in [3.05, 3.63) is 64.8 Å². The van der Waals surface area contributed by atoms with Crippen LogP contribution in [-0.2, 0) is 16.0 Å². The molecule has 1 aromatic heterocycles. The second-order valence-corrected chi connectivity index (χ2v) is 8.75. The molecule has 0 bridgehead atoms. The van der Waals surface area contributed by atoms with Crippen molar-refractivity contribution >= 4 is 45.9 Å². The SMILES string of the molecule is CCc1cc(C(Nc2ccc3c(NC(=O)OC(C)(C)C)nccc3c2)C(=O)O)ccc1Cl. The highest BCUT2D eigenvalue weighted by molar-refractivity contribution is 6.31. The summed E-state index contributed by atoms with van der Waals surface area (Å²) in [5, 5.41) is 17.6. The van der Waals surface area contributed by atoms with Crippen molar-refractivity contribution in [2.45, 2.75) is 45.8 Å². The molecule has 2 aromatic carbocycles. The summed E-state index contributed by atoms with van der Waals surface area (Å²) < 4.78 is 5.29. The topological polar surface area (TPSA) is 101 Å². The molecule has 0 saturated heterocycles. The minimum Gasteiger partial charge on any atom is -0.479 e. The quantitative estimate of drug-likeness (QED) is 0.419. The smallest absolute Gasteiger partial charge is 0.413 e. The summed E-state index contributed by atoms with van der Waals surface area (Å²) in [6, 6.07) is 11.4. The fourth-order valence-electron chi connectivity index (χ4n) is 3.27. The van der Waals surface area contributed by atoms with Crippen LogP contribution in [0.5, 0.6) is 0 Å². The third kappa shape index (κ3) is 5.68. The zero-order valence-electron chi connectivity index (χ0n) is 18.4. The van der Waals surface area contributed by atoms with Crippen molar-refractivity contribution in [1.82, 2.24) is 4.98 Å². The van der Waals surface area contributed by atoms with Gasteiger partial charge in [-0.15, -0.1) is 0 Å². The van der Waals surface area contributed by atoms with Crippen molar-refractivity contribution in [2.75, 3.05) is 10.6 Å². The number of aliphatic carboxylic acids is 1. The van der Waals surface area contributed by atoms with Gasteiger partial charge in [0.2, 0.25) is 0 Å². The summed E-state index contributed by atoms with van der Waals surface area (Å²) in [6.45, 7) is 7.31. The van der Waals surface area contributed by atoms with E-state index in [1.54, 1.807) is 57.3 Å². The number of halogens is 1. The molecule has 32 heavy (non-hydrogen) atoms. The van der Waals surface area contributed by atoms with Crippen molar-refractivity contribution in [3.63, 3.8) is 0 Å². The number of fused-ring (bicyclic) bond motifs is 1. The van der Waals surface area contributed by atoms with Gasteiger partial charge in [0.1, 0.15) is 11.4 Å². The van der Waals surface area contributed by atoms with Gasteiger partial charge in [0.05, 0.1) is 0 Å². The van der Waals surface area contributed by atoms with Gasteiger partial charge in [-0.05, 0) is 74.0 Å². The maximum Gasteiger partial charge on any atom is 0.413 e. The highest BCUT2D eigenvalue weighted by Crippen LogP contribution is 2.29. The van der Waals surface area contributed by atoms with E-state index in [0.717, 1.165) is 10.9 Å². The van der Waals surface area contributed by atoms with Gasteiger partial charge in [-0.25, -0.2) is 14.6 Å². The molecule has 1 amide bonds. The highest BCUT2D eigenvalue weighted by atomic mass is 35.5. The number of anilines is 2. The lowest BCUT2D eigenvalue weighted by Gasteiger charge is -2.20. The number of rotatable bonds is 6. The predicted molar refractivity (Wildman–Crippen MR) is 126 cm³/mol. The van der Waals surface area contributed by atoms with Gasteiger partial charge in [-0.2, -0.15) is 0 Å². The Morgan fingerprint density at radius 2 is 1.91 bits per heavy atom. The Balaban J connectivity index is 1.88. The molecule has 1 unspecified atom stereocenters. The van der Waals surface area contributed by atoms with E-state index in [0.29, 0.717) is 33.9 Å². The van der Waals surface area contributed by atoms with E-state index in [9.17, 15) is 14.7 Å². The Labute approximate surface area is 191 Å². The molecule has 8 heteroatoms. The first kappa shape index (κ1) is 23.3. The molecule has 0 saturated carbocycles. The molecule has 3 aromatic rings. The molecule has 0 radical (unpaired) electrons. The van der Waals surface area contributed by atoms with Crippen molar-refractivity contribution in [3.8, 4) is 0 Å². The zero-order chi connectivity index (χ0) is 23.5. The number of amides is 1. The van der Waals surface area contributed by atoms with Crippen LogP contribution in [0.2, 0.25) is 5.02 Å². The first-order valence-electron chi connectivity index (χ1n) is 10.2. The van der Waals surface area contributed by atoms with Crippen LogP contribution in [0.4, 0.5) is 16.3 Å². The average Bonchev–Trinajstić information content (AvgIpc) is 2.71. The van der Waals surface area contributed by atoms with Crippen LogP contribution in [0.1, 0.15) is 44.9 Å². The van der Waals surface area contributed by atoms with Gasteiger partial charge in [-0.1, -0.05) is 30.7 Å². The average molecular weight is 456 g/mol. The summed E-state index contributed by atoms with van der Waals surface area (Å²) in [4.78, 5) is 28.3. The normalized spacial score (nSPS) is 12.3. The van der Waals surface area contributed by atoms with E-state index >= 15 is 0 Å². The lowest BCUT2D eigenvalue weighted by atomic mass is 10.0. The minimum absolute atomic E-state index is 0.364. The molecular weight excluding hydrogens is 430 g/mol. The van der Waals surface area contributed by atoms with Crippen LogP contribution in [-0.4, -0.2) is 27.8 Å². The van der Waals surface area contributed by atoms with E-state index in [4.69, 9.17) is 16.3 Å². The van der Waals surface area contributed by atoms with Crippen LogP contribution < -0.4 is 10.6 Å². The number of ether oxygens (including phenoxy) is 1. The molecule has 168 valence electrons. The number of carboxylic acid groups (broad SMARTS) is 1. The Hall–Kier alpha value is -3.32. The summed E-state index contributed by atoms with van der Waals surface area (Å²) in [7, 11) is 0. The van der Waals surface area contributed by atoms with E-state index in [1.165, 1.54) is 0 Å². The lowest BCUT2D eigenvalue weighted by molar-refractivity contribution is -0.138. The second-order valence-electron chi connectivity index (χ2n) is 8.34. The summed E-state index contributed by atoms with van der Waals surface area (Å²) >= 11 is 6.18. The number of aromatic nitrogens is 1. The van der Waals surface area contributed by atoms with Crippen molar-refractivity contribution < 1.29 is 19.4 Å². The first-order chi connectivity index (χ1) is 15.1.